The summed E-state index contributed by atoms with van der Waals surface area (Å²) in [4.78, 5) is 15.1. The zero-order valence-corrected chi connectivity index (χ0v) is 21.8. The zero-order chi connectivity index (χ0) is 25.5. The van der Waals surface area contributed by atoms with Crippen LogP contribution < -0.4 is 10.1 Å². The first kappa shape index (κ1) is 27.3. The molecule has 36 heavy (non-hydrogen) atoms. The summed E-state index contributed by atoms with van der Waals surface area (Å²) in [5, 5.41) is 13.4. The molecule has 0 saturated carbocycles. The molecule has 3 aliphatic heterocycles. The average molecular weight is 526 g/mol. The number of nitrogens with one attached hydrogen (secondary N) is 1. The zero-order valence-electron chi connectivity index (χ0n) is 21.0. The molecule has 3 fully saturated rings. The van der Waals surface area contributed by atoms with Gasteiger partial charge in [-0.2, -0.15) is 4.31 Å². The van der Waals surface area contributed by atoms with Gasteiger partial charge in [-0.3, -0.25) is 4.79 Å². The second-order valence-corrected chi connectivity index (χ2v) is 11.7. The number of aliphatic hydroxyl groups is 1. The van der Waals surface area contributed by atoms with E-state index < -0.39 is 28.3 Å². The SMILES string of the molecule is COc1ccc(S(=O)(=O)N2C[C@@H](O)COC[C@@H]3O[C@@H](CC(=O)NCCN4CCCCC4)CC[C@H]32)cc1. The standard InChI is InChI=1S/C25H39N3O7S/c1-33-20-5-8-22(9-6-20)36(31,32)28-16-19(29)17-34-18-24-23(28)10-7-21(35-24)15-25(30)26-11-14-27-12-3-2-4-13-27/h5-6,8-9,19,21,23-24,29H,2-4,7,10-18H2,1H3,(H,26,30)/t19-,21-,23-,24+/m1/s1. The maximum absolute atomic E-state index is 13.6. The third-order valence-electron chi connectivity index (χ3n) is 7.21. The fourth-order valence-corrected chi connectivity index (χ4v) is 6.99. The van der Waals surface area contributed by atoms with E-state index in [-0.39, 0.29) is 43.1 Å². The summed E-state index contributed by atoms with van der Waals surface area (Å²) in [6, 6.07) is 5.72. The summed E-state index contributed by atoms with van der Waals surface area (Å²) in [7, 11) is -2.37. The van der Waals surface area contributed by atoms with Gasteiger partial charge in [0.15, 0.2) is 0 Å². The lowest BCUT2D eigenvalue weighted by Gasteiger charge is -2.43. The van der Waals surface area contributed by atoms with Crippen LogP contribution in [0.3, 0.4) is 0 Å². The summed E-state index contributed by atoms with van der Waals surface area (Å²) in [6.07, 6.45) is 3.25. The first-order valence-corrected chi connectivity index (χ1v) is 14.4. The van der Waals surface area contributed by atoms with Crippen LogP contribution in [0.5, 0.6) is 5.75 Å². The first-order valence-electron chi connectivity index (χ1n) is 12.9. The number of benzene rings is 1. The minimum atomic E-state index is -3.89. The van der Waals surface area contributed by atoms with Gasteiger partial charge >= 0.3 is 0 Å². The Morgan fingerprint density at radius 1 is 1.14 bits per heavy atom. The second kappa shape index (κ2) is 12.7. The molecule has 4 atom stereocenters. The number of carbonyl (C=O) groups is 1. The van der Waals surface area contributed by atoms with Crippen LogP contribution in [0.25, 0.3) is 0 Å². The molecule has 0 radical (unpaired) electrons. The summed E-state index contributed by atoms with van der Waals surface area (Å²) in [5.74, 6) is 0.506. The molecule has 0 aliphatic carbocycles. The third kappa shape index (κ3) is 6.96. The Balaban J connectivity index is 1.37. The largest absolute Gasteiger partial charge is 0.497 e. The molecule has 0 spiro atoms. The number of sulfonamides is 1. The number of hydrogen-bond acceptors (Lipinski definition) is 8. The molecular formula is C25H39N3O7S. The van der Waals surface area contributed by atoms with Crippen molar-refractivity contribution in [1.82, 2.24) is 14.5 Å². The number of amides is 1. The van der Waals surface area contributed by atoms with Crippen LogP contribution in [0, 0.1) is 0 Å². The Labute approximate surface area is 213 Å². The number of nitrogens with zero attached hydrogens (tertiary/aromatic N) is 2. The molecule has 4 rings (SSSR count). The predicted molar refractivity (Wildman–Crippen MR) is 133 cm³/mol. The van der Waals surface area contributed by atoms with Crippen molar-refractivity contribution >= 4 is 15.9 Å². The van der Waals surface area contributed by atoms with Crippen LogP contribution in [0.1, 0.15) is 38.5 Å². The monoisotopic (exact) mass is 525 g/mol. The molecule has 1 amide bonds. The second-order valence-electron chi connectivity index (χ2n) is 9.84. The molecule has 0 unspecified atom stereocenters. The van der Waals surface area contributed by atoms with Gasteiger partial charge in [0.1, 0.15) is 5.75 Å². The van der Waals surface area contributed by atoms with Gasteiger partial charge in [-0.15, -0.1) is 0 Å². The van der Waals surface area contributed by atoms with E-state index in [0.29, 0.717) is 25.1 Å². The Hall–Kier alpha value is -1.76. The van der Waals surface area contributed by atoms with Crippen molar-refractivity contribution < 1.29 is 32.5 Å². The van der Waals surface area contributed by atoms with Crippen LogP contribution in [0.2, 0.25) is 0 Å². The molecule has 202 valence electrons. The molecule has 1 aromatic rings. The lowest BCUT2D eigenvalue weighted by atomic mass is 9.96. The number of fused-ring (bicyclic) bond motifs is 1. The molecule has 0 bridgehead atoms. The number of carbonyl (C=O) groups excluding carboxylic acids is 1. The van der Waals surface area contributed by atoms with Crippen molar-refractivity contribution in [1.29, 1.82) is 0 Å². The van der Waals surface area contributed by atoms with Crippen LogP contribution >= 0.6 is 0 Å². The Kier molecular flexibility index (Phi) is 9.59. The van der Waals surface area contributed by atoms with E-state index >= 15 is 0 Å². The van der Waals surface area contributed by atoms with Crippen LogP contribution in [0.4, 0.5) is 0 Å². The van der Waals surface area contributed by atoms with E-state index in [4.69, 9.17) is 14.2 Å². The number of aliphatic hydroxyl groups excluding tert-OH is 1. The van der Waals surface area contributed by atoms with E-state index in [1.807, 2.05) is 0 Å². The fraction of sp³-hybridized carbons (Fsp3) is 0.720. The van der Waals surface area contributed by atoms with E-state index in [0.717, 1.165) is 19.6 Å². The van der Waals surface area contributed by atoms with Crippen LogP contribution in [-0.2, 0) is 24.3 Å². The van der Waals surface area contributed by atoms with Gasteiger partial charge in [-0.1, -0.05) is 6.42 Å². The molecule has 11 heteroatoms. The number of methoxy groups -OCH3 is 1. The first-order chi connectivity index (χ1) is 17.4. The number of ether oxygens (including phenoxy) is 3. The van der Waals surface area contributed by atoms with Gasteiger partial charge in [0.05, 0.1) is 56.0 Å². The van der Waals surface area contributed by atoms with Gasteiger partial charge in [-0.25, -0.2) is 8.42 Å². The van der Waals surface area contributed by atoms with Crippen molar-refractivity contribution in [3.05, 3.63) is 24.3 Å². The van der Waals surface area contributed by atoms with E-state index in [1.54, 1.807) is 12.1 Å². The molecule has 3 aliphatic rings. The minimum Gasteiger partial charge on any atom is -0.497 e. The topological polar surface area (TPSA) is 118 Å². The molecule has 3 heterocycles. The van der Waals surface area contributed by atoms with E-state index in [1.165, 1.54) is 42.8 Å². The summed E-state index contributed by atoms with van der Waals surface area (Å²) < 4.78 is 45.5. The van der Waals surface area contributed by atoms with Gasteiger partial charge in [0.25, 0.3) is 0 Å². The summed E-state index contributed by atoms with van der Waals surface area (Å²) in [5.41, 5.74) is 0. The number of piperidine rings is 1. The highest BCUT2D eigenvalue weighted by Crippen LogP contribution is 2.32. The Bertz CT molecular complexity index is 953. The molecule has 1 aromatic carbocycles. The number of likely N-dealkylation sites (tertiary alicyclic amines) is 1. The lowest BCUT2D eigenvalue weighted by molar-refractivity contribution is -0.146. The van der Waals surface area contributed by atoms with Crippen molar-refractivity contribution in [3.8, 4) is 5.75 Å². The smallest absolute Gasteiger partial charge is 0.243 e. The average Bonchev–Trinajstić information content (AvgIpc) is 2.87. The Morgan fingerprint density at radius 3 is 2.61 bits per heavy atom. The van der Waals surface area contributed by atoms with Gasteiger partial charge in [-0.05, 0) is 63.0 Å². The van der Waals surface area contributed by atoms with Crippen molar-refractivity contribution in [3.63, 3.8) is 0 Å². The highest BCUT2D eigenvalue weighted by Gasteiger charge is 2.43. The number of rotatable bonds is 8. The quantitative estimate of drug-likeness (QED) is 0.516. The van der Waals surface area contributed by atoms with Crippen molar-refractivity contribution in [2.45, 2.75) is 67.8 Å². The summed E-state index contributed by atoms with van der Waals surface area (Å²) in [6.45, 7) is 3.75. The highest BCUT2D eigenvalue weighted by atomic mass is 32.2. The van der Waals surface area contributed by atoms with Gasteiger partial charge in [0, 0.05) is 19.6 Å². The minimum absolute atomic E-state index is 0.0167. The number of β-amino-alcohol motifs (C(OH)–C–C–N with tert-alkyl or cyclic N) is 1. The highest BCUT2D eigenvalue weighted by molar-refractivity contribution is 7.89. The van der Waals surface area contributed by atoms with E-state index in [2.05, 4.69) is 10.2 Å². The molecule has 10 nitrogen and oxygen atoms in total. The summed E-state index contributed by atoms with van der Waals surface area (Å²) >= 11 is 0. The van der Waals surface area contributed by atoms with Gasteiger partial charge in [0.2, 0.25) is 15.9 Å². The molecular weight excluding hydrogens is 486 g/mol. The molecule has 3 saturated heterocycles. The van der Waals surface area contributed by atoms with Crippen molar-refractivity contribution in [2.75, 3.05) is 53.0 Å². The maximum Gasteiger partial charge on any atom is 0.243 e. The van der Waals surface area contributed by atoms with Crippen LogP contribution in [-0.4, -0.2) is 106 Å². The molecule has 0 aromatic heterocycles. The van der Waals surface area contributed by atoms with Crippen LogP contribution in [0.15, 0.2) is 29.2 Å². The molecule has 2 N–H and O–H groups in total. The normalized spacial score (nSPS) is 28.5. The lowest BCUT2D eigenvalue weighted by Crippen LogP contribution is -2.57. The number of hydrogen-bond donors (Lipinski definition) is 2. The van der Waals surface area contributed by atoms with E-state index in [9.17, 15) is 18.3 Å². The maximum atomic E-state index is 13.6. The van der Waals surface area contributed by atoms with Crippen molar-refractivity contribution in [2.24, 2.45) is 0 Å². The fourth-order valence-electron chi connectivity index (χ4n) is 5.27. The van der Waals surface area contributed by atoms with Gasteiger partial charge < -0.3 is 29.5 Å². The third-order valence-corrected chi connectivity index (χ3v) is 9.12. The predicted octanol–water partition coefficient (Wildman–Crippen LogP) is 0.985. The Morgan fingerprint density at radius 2 is 1.89 bits per heavy atom.